The monoisotopic (exact) mass is 312 g/mol. The van der Waals surface area contributed by atoms with Crippen LogP contribution in [-0.2, 0) is 11.2 Å². The van der Waals surface area contributed by atoms with Gasteiger partial charge >= 0.3 is 5.97 Å². The van der Waals surface area contributed by atoms with Crippen LogP contribution in [0.15, 0.2) is 12.1 Å². The van der Waals surface area contributed by atoms with Gasteiger partial charge in [-0.15, -0.1) is 0 Å². The molecular weight excluding hydrogens is 292 g/mol. The Morgan fingerprint density at radius 3 is 2.62 bits per heavy atom. The van der Waals surface area contributed by atoms with Gasteiger partial charge in [0.2, 0.25) is 0 Å². The van der Waals surface area contributed by atoms with E-state index in [2.05, 4.69) is 10.3 Å². The molecule has 0 bridgehead atoms. The number of rotatable bonds is 9. The molecule has 0 aliphatic heterocycles. The van der Waals surface area contributed by atoms with Crippen molar-refractivity contribution < 1.29 is 14.7 Å². The van der Waals surface area contributed by atoms with Crippen LogP contribution >= 0.6 is 11.6 Å². The summed E-state index contributed by atoms with van der Waals surface area (Å²) in [5.41, 5.74) is 1.32. The molecule has 0 atom stereocenters. The van der Waals surface area contributed by atoms with E-state index in [4.69, 9.17) is 16.7 Å². The summed E-state index contributed by atoms with van der Waals surface area (Å²) in [6.45, 7) is 2.53. The van der Waals surface area contributed by atoms with Crippen molar-refractivity contribution in [2.24, 2.45) is 0 Å². The van der Waals surface area contributed by atoms with Crippen LogP contribution in [0.2, 0.25) is 5.15 Å². The third kappa shape index (κ3) is 7.09. The maximum Gasteiger partial charge on any atom is 0.303 e. The zero-order valence-corrected chi connectivity index (χ0v) is 12.9. The first-order valence-corrected chi connectivity index (χ1v) is 7.57. The van der Waals surface area contributed by atoms with Crippen LogP contribution in [0, 0.1) is 0 Å². The SMILES string of the molecule is CCc1cc(C(=O)NCCCCCCC(=O)O)cc(Cl)n1. The number of aryl methyl sites for hydroxylation is 1. The van der Waals surface area contributed by atoms with Gasteiger partial charge in [0.1, 0.15) is 5.15 Å². The molecule has 1 amide bonds. The molecule has 0 unspecified atom stereocenters. The van der Waals surface area contributed by atoms with Crippen LogP contribution in [0.3, 0.4) is 0 Å². The number of amides is 1. The van der Waals surface area contributed by atoms with E-state index in [1.165, 1.54) is 0 Å². The van der Waals surface area contributed by atoms with Crippen molar-refractivity contribution >= 4 is 23.5 Å². The third-order valence-corrected chi connectivity index (χ3v) is 3.27. The lowest BCUT2D eigenvalue weighted by Crippen LogP contribution is -2.24. The molecule has 6 heteroatoms. The Morgan fingerprint density at radius 1 is 1.24 bits per heavy atom. The first-order valence-electron chi connectivity index (χ1n) is 7.19. The number of nitrogens with zero attached hydrogens (tertiary/aromatic N) is 1. The molecule has 1 aromatic rings. The minimum absolute atomic E-state index is 0.153. The zero-order valence-electron chi connectivity index (χ0n) is 12.2. The van der Waals surface area contributed by atoms with Crippen LogP contribution < -0.4 is 5.32 Å². The van der Waals surface area contributed by atoms with E-state index >= 15 is 0 Å². The predicted octanol–water partition coefficient (Wildman–Crippen LogP) is 3.06. The Bertz CT molecular complexity index is 492. The van der Waals surface area contributed by atoms with E-state index in [1.807, 2.05) is 6.92 Å². The normalized spacial score (nSPS) is 10.4. The molecule has 0 radical (unpaired) electrons. The number of carbonyl (C=O) groups is 2. The molecule has 1 rings (SSSR count). The number of nitrogens with one attached hydrogen (secondary N) is 1. The van der Waals surface area contributed by atoms with Crippen molar-refractivity contribution in [2.75, 3.05) is 6.54 Å². The lowest BCUT2D eigenvalue weighted by molar-refractivity contribution is -0.137. The lowest BCUT2D eigenvalue weighted by Gasteiger charge is -2.07. The van der Waals surface area contributed by atoms with Gasteiger partial charge in [-0.25, -0.2) is 4.98 Å². The van der Waals surface area contributed by atoms with E-state index in [0.717, 1.165) is 31.4 Å². The molecule has 116 valence electrons. The molecule has 1 aromatic heterocycles. The molecule has 0 saturated carbocycles. The Morgan fingerprint density at radius 2 is 1.95 bits per heavy atom. The van der Waals surface area contributed by atoms with Crippen molar-refractivity contribution in [3.05, 3.63) is 28.5 Å². The molecule has 0 spiro atoms. The number of pyridine rings is 1. The number of halogens is 1. The molecule has 0 fully saturated rings. The van der Waals surface area contributed by atoms with Gasteiger partial charge in [0.15, 0.2) is 0 Å². The average molecular weight is 313 g/mol. The fraction of sp³-hybridized carbons (Fsp3) is 0.533. The summed E-state index contributed by atoms with van der Waals surface area (Å²) in [6, 6.07) is 3.30. The predicted molar refractivity (Wildman–Crippen MR) is 81.7 cm³/mol. The molecule has 0 aliphatic carbocycles. The molecule has 21 heavy (non-hydrogen) atoms. The first-order chi connectivity index (χ1) is 10.0. The Balaban J connectivity index is 2.28. The van der Waals surface area contributed by atoms with Gasteiger partial charge in [0.05, 0.1) is 0 Å². The largest absolute Gasteiger partial charge is 0.481 e. The molecular formula is C15H21ClN2O3. The number of hydrogen-bond donors (Lipinski definition) is 2. The summed E-state index contributed by atoms with van der Waals surface area (Å²) in [5, 5.41) is 11.7. The van der Waals surface area contributed by atoms with Crippen molar-refractivity contribution in [2.45, 2.75) is 45.4 Å². The maximum absolute atomic E-state index is 12.0. The van der Waals surface area contributed by atoms with E-state index in [-0.39, 0.29) is 12.3 Å². The smallest absolute Gasteiger partial charge is 0.303 e. The summed E-state index contributed by atoms with van der Waals surface area (Å²) in [7, 11) is 0. The molecule has 5 nitrogen and oxygen atoms in total. The Kier molecular flexibility index (Phi) is 7.75. The lowest BCUT2D eigenvalue weighted by atomic mass is 10.1. The van der Waals surface area contributed by atoms with Crippen LogP contribution in [-0.4, -0.2) is 28.5 Å². The highest BCUT2D eigenvalue weighted by Crippen LogP contribution is 2.11. The zero-order chi connectivity index (χ0) is 15.7. The molecule has 1 heterocycles. The van der Waals surface area contributed by atoms with Gasteiger partial charge in [-0.2, -0.15) is 0 Å². The van der Waals surface area contributed by atoms with Crippen molar-refractivity contribution in [1.82, 2.24) is 10.3 Å². The van der Waals surface area contributed by atoms with Crippen molar-refractivity contribution in [3.8, 4) is 0 Å². The molecule has 0 aromatic carbocycles. The van der Waals surface area contributed by atoms with E-state index in [1.54, 1.807) is 12.1 Å². The summed E-state index contributed by atoms with van der Waals surface area (Å²) in [4.78, 5) is 26.4. The van der Waals surface area contributed by atoms with Crippen LogP contribution in [0.5, 0.6) is 0 Å². The Hall–Kier alpha value is -1.62. The number of aromatic nitrogens is 1. The van der Waals surface area contributed by atoms with Crippen LogP contribution in [0.1, 0.15) is 55.1 Å². The number of hydrogen-bond acceptors (Lipinski definition) is 3. The second-order valence-corrected chi connectivity index (χ2v) is 5.22. The van der Waals surface area contributed by atoms with E-state index in [9.17, 15) is 9.59 Å². The maximum atomic E-state index is 12.0. The number of carboxylic acids is 1. The number of carbonyl (C=O) groups excluding carboxylic acids is 1. The standard InChI is InChI=1S/C15H21ClN2O3/c1-2-12-9-11(10-13(16)18-12)15(21)17-8-6-4-3-5-7-14(19)20/h9-10H,2-8H2,1H3,(H,17,21)(H,19,20). The highest BCUT2D eigenvalue weighted by Gasteiger charge is 2.08. The quantitative estimate of drug-likeness (QED) is 0.542. The van der Waals surface area contributed by atoms with Crippen LogP contribution in [0.25, 0.3) is 0 Å². The van der Waals surface area contributed by atoms with Gasteiger partial charge in [0.25, 0.3) is 5.91 Å². The summed E-state index contributed by atoms with van der Waals surface area (Å²) < 4.78 is 0. The molecule has 2 N–H and O–H groups in total. The summed E-state index contributed by atoms with van der Waals surface area (Å²) >= 11 is 5.88. The number of aliphatic carboxylic acids is 1. The number of carboxylic acid groups (broad SMARTS) is 1. The van der Waals surface area contributed by atoms with Gasteiger partial charge < -0.3 is 10.4 Å². The minimum atomic E-state index is -0.760. The molecule has 0 aliphatic rings. The average Bonchev–Trinajstić information content (AvgIpc) is 2.44. The second-order valence-electron chi connectivity index (χ2n) is 4.84. The fourth-order valence-electron chi connectivity index (χ4n) is 1.92. The van der Waals surface area contributed by atoms with Crippen LogP contribution in [0.4, 0.5) is 0 Å². The fourth-order valence-corrected chi connectivity index (χ4v) is 2.15. The highest BCUT2D eigenvalue weighted by molar-refractivity contribution is 6.29. The van der Waals surface area contributed by atoms with Gasteiger partial charge in [0, 0.05) is 24.2 Å². The van der Waals surface area contributed by atoms with E-state index < -0.39 is 5.97 Å². The summed E-state index contributed by atoms with van der Waals surface area (Å²) in [6.07, 6.45) is 4.23. The summed E-state index contributed by atoms with van der Waals surface area (Å²) in [5.74, 6) is -0.913. The first kappa shape index (κ1) is 17.4. The van der Waals surface area contributed by atoms with Crippen molar-refractivity contribution in [3.63, 3.8) is 0 Å². The van der Waals surface area contributed by atoms with Gasteiger partial charge in [-0.3, -0.25) is 9.59 Å². The topological polar surface area (TPSA) is 79.3 Å². The molecule has 0 saturated heterocycles. The van der Waals surface area contributed by atoms with Gasteiger partial charge in [-0.05, 0) is 31.4 Å². The third-order valence-electron chi connectivity index (χ3n) is 3.07. The Labute approximate surface area is 129 Å². The minimum Gasteiger partial charge on any atom is -0.481 e. The second kappa shape index (κ2) is 9.34. The number of unbranched alkanes of at least 4 members (excludes halogenated alkanes) is 3. The van der Waals surface area contributed by atoms with E-state index in [0.29, 0.717) is 23.7 Å². The highest BCUT2D eigenvalue weighted by atomic mass is 35.5. The van der Waals surface area contributed by atoms with Gasteiger partial charge in [-0.1, -0.05) is 31.4 Å². The van der Waals surface area contributed by atoms with Crippen molar-refractivity contribution in [1.29, 1.82) is 0 Å².